The van der Waals surface area contributed by atoms with Crippen molar-refractivity contribution in [2.45, 2.75) is 32.1 Å². The van der Waals surface area contributed by atoms with Crippen molar-refractivity contribution in [3.05, 3.63) is 95.8 Å². The van der Waals surface area contributed by atoms with E-state index in [1.165, 1.54) is 36.5 Å². The number of benzene rings is 2. The first-order chi connectivity index (χ1) is 13.4. The minimum Gasteiger partial charge on any atom is -1.00 e. The summed E-state index contributed by atoms with van der Waals surface area (Å²) in [5.41, 5.74) is 1.68. The Bertz CT molecular complexity index is 1120. The molecule has 4 heteroatoms. The van der Waals surface area contributed by atoms with Crippen LogP contribution < -0.4 is 24.8 Å². The van der Waals surface area contributed by atoms with Crippen molar-refractivity contribution >= 4 is 28.8 Å². The maximum atomic E-state index is 2.99. The van der Waals surface area contributed by atoms with E-state index in [0.29, 0.717) is 0 Å². The third-order valence-electron chi connectivity index (χ3n) is 5.63. The van der Waals surface area contributed by atoms with Gasteiger partial charge in [0.1, 0.15) is 0 Å². The molecule has 0 N–H and O–H groups in total. The van der Waals surface area contributed by atoms with Crippen molar-refractivity contribution < 1.29 is 46.5 Å². The molecule has 150 valence electrons. The van der Waals surface area contributed by atoms with E-state index in [9.17, 15) is 0 Å². The molecule has 0 aliphatic heterocycles. The molecule has 0 amide bonds. The van der Waals surface area contributed by atoms with Gasteiger partial charge in [0.2, 0.25) is 0 Å². The molecule has 1 aromatic heterocycles. The summed E-state index contributed by atoms with van der Waals surface area (Å²) in [6.45, 7) is 0. The first kappa shape index (κ1) is 25.1. The molecule has 0 spiro atoms. The van der Waals surface area contributed by atoms with E-state index in [0.717, 1.165) is 6.42 Å². The number of aryl methyl sites for hydroxylation is 1. The first-order valence-corrected chi connectivity index (χ1v) is 11.2. The Morgan fingerprint density at radius 1 is 0.900 bits per heavy atom. The van der Waals surface area contributed by atoms with Crippen LogP contribution in [0.3, 0.4) is 0 Å². The van der Waals surface area contributed by atoms with Gasteiger partial charge in [0.15, 0.2) is 0 Å². The van der Waals surface area contributed by atoms with Crippen LogP contribution in [0.1, 0.15) is 30.1 Å². The molecule has 1 atom stereocenters. The summed E-state index contributed by atoms with van der Waals surface area (Å²) in [5.74, 6) is 0. The molecule has 0 radical (unpaired) electrons. The smallest absolute Gasteiger partial charge is 1.00 e. The van der Waals surface area contributed by atoms with Crippen LogP contribution in [-0.4, -0.2) is 0 Å². The van der Waals surface area contributed by atoms with Gasteiger partial charge in [-0.15, -0.1) is 49.0 Å². The predicted molar refractivity (Wildman–Crippen MR) is 119 cm³/mol. The van der Waals surface area contributed by atoms with Gasteiger partial charge in [0.05, 0.1) is 0 Å². The second-order valence-electron chi connectivity index (χ2n) is 7.33. The van der Waals surface area contributed by atoms with Gasteiger partial charge in [0.25, 0.3) is 0 Å². The molecular weight excluding hydrogens is 462 g/mol. The van der Waals surface area contributed by atoms with E-state index in [1.54, 1.807) is 26.7 Å². The maximum Gasteiger partial charge on any atom is 4.00 e. The van der Waals surface area contributed by atoms with Crippen molar-refractivity contribution in [3.63, 3.8) is 0 Å². The second kappa shape index (κ2) is 11.5. The molecule has 30 heavy (non-hydrogen) atoms. The molecule has 4 aromatic rings. The van der Waals surface area contributed by atoms with E-state index in [2.05, 4.69) is 72.8 Å². The summed E-state index contributed by atoms with van der Waals surface area (Å²) < 4.78 is 0. The van der Waals surface area contributed by atoms with E-state index < -0.39 is 0 Å². The number of fused-ring (bicyclic) bond motifs is 4. The van der Waals surface area contributed by atoms with E-state index >= 15 is 0 Å². The van der Waals surface area contributed by atoms with Gasteiger partial charge in [-0.2, -0.15) is 12.1 Å². The van der Waals surface area contributed by atoms with Crippen LogP contribution in [-0.2, 0) is 34.6 Å². The quantitative estimate of drug-likeness (QED) is 0.286. The largest absolute Gasteiger partial charge is 4.00 e. The summed E-state index contributed by atoms with van der Waals surface area (Å²) in [4.78, 5) is 0. The average molecular weight is 485 g/mol. The van der Waals surface area contributed by atoms with Crippen molar-refractivity contribution in [1.29, 1.82) is 0 Å². The van der Waals surface area contributed by atoms with Gasteiger partial charge < -0.3 is 24.8 Å². The number of rotatable bonds is 1. The van der Waals surface area contributed by atoms with Crippen molar-refractivity contribution in [2.75, 3.05) is 0 Å². The zero-order chi connectivity index (χ0) is 18.1. The van der Waals surface area contributed by atoms with Crippen LogP contribution >= 0.6 is 7.53 Å². The average Bonchev–Trinajstić information content (AvgIpc) is 3.46. The fourth-order valence-corrected chi connectivity index (χ4v) is 7.38. The molecular formula is C26H23Cl2PTi. The Morgan fingerprint density at radius 3 is 2.40 bits per heavy atom. The molecule has 0 saturated heterocycles. The number of hydrogen-bond acceptors (Lipinski definition) is 0. The fraction of sp³-hybridized carbons (Fsp3) is 0.192. The van der Waals surface area contributed by atoms with Gasteiger partial charge in [-0.3, -0.25) is 6.08 Å². The Morgan fingerprint density at radius 2 is 1.67 bits per heavy atom. The van der Waals surface area contributed by atoms with E-state index in [1.807, 2.05) is 12.2 Å². The summed E-state index contributed by atoms with van der Waals surface area (Å²) >= 11 is 0. The normalized spacial score (nSPS) is 14.2. The minimum atomic E-state index is -0.281. The summed E-state index contributed by atoms with van der Waals surface area (Å²) in [7, 11) is -0.281. The Hall–Kier alpha value is -1.14. The second-order valence-corrected chi connectivity index (χ2v) is 9.54. The van der Waals surface area contributed by atoms with E-state index in [-0.39, 0.29) is 54.1 Å². The molecule has 3 aromatic carbocycles. The number of hydrogen-bond donors (Lipinski definition) is 0. The Labute approximate surface area is 207 Å². The van der Waals surface area contributed by atoms with Gasteiger partial charge in [-0.05, 0) is 41.9 Å². The number of allylic oxidation sites excluding steroid dienone is 4. The molecule has 0 nitrogen and oxygen atoms in total. The van der Waals surface area contributed by atoms with Crippen LogP contribution in [0.4, 0.5) is 0 Å². The minimum absolute atomic E-state index is 0. The molecule has 0 saturated carbocycles. The Kier molecular flexibility index (Phi) is 9.61. The molecule has 0 fully saturated rings. The fourth-order valence-electron chi connectivity index (χ4n) is 4.39. The molecule has 2 aliphatic rings. The molecule has 1 heterocycles. The molecule has 0 bridgehead atoms. The first-order valence-electron chi connectivity index (χ1n) is 9.90. The van der Waals surface area contributed by atoms with Crippen LogP contribution in [0.5, 0.6) is 0 Å². The summed E-state index contributed by atoms with van der Waals surface area (Å²) in [6, 6.07) is 22.8. The summed E-state index contributed by atoms with van der Waals surface area (Å²) in [5, 5.41) is 9.24. The van der Waals surface area contributed by atoms with Crippen molar-refractivity contribution in [3.8, 4) is 5.30 Å². The summed E-state index contributed by atoms with van der Waals surface area (Å²) in [6.07, 6.45) is 15.3. The SMILES string of the molecule is [C-]1=CC=CC1.[Cl-].[Cl-].[Ti+4].c1ccc2[cH-]c(-p3c4c(c5ccccc53)CCCC4)cc2c1. The standard InChI is InChI=1S/C21H18P.C5H5.2ClH.Ti/c1-2-8-16-14-17(13-15(16)7-1)22-20-11-5-3-9-18(20)19-10-4-6-12-21(19)22;1-2-4-5-3-1;;;/h1-3,5,7-9,11,13-14H,4,6,10,12H2;1-3H,4H2;2*1H;/q2*-1;;;+4/p-2. The maximum absolute atomic E-state index is 2.99. The molecule has 2 aliphatic carbocycles. The third-order valence-corrected chi connectivity index (χ3v) is 8.31. The monoisotopic (exact) mass is 484 g/mol. The number of halogens is 2. The van der Waals surface area contributed by atoms with Gasteiger partial charge in [0, 0.05) is 5.12 Å². The molecule has 6 rings (SSSR count). The van der Waals surface area contributed by atoms with Crippen LogP contribution in [0.15, 0.2) is 78.9 Å². The zero-order valence-electron chi connectivity index (χ0n) is 16.7. The Balaban J connectivity index is 0.000000356. The van der Waals surface area contributed by atoms with Crippen molar-refractivity contribution in [2.24, 2.45) is 0 Å². The van der Waals surface area contributed by atoms with Gasteiger partial charge in [-0.1, -0.05) is 35.6 Å². The van der Waals surface area contributed by atoms with Crippen LogP contribution in [0.25, 0.3) is 26.6 Å². The molecule has 1 unspecified atom stereocenters. The third kappa shape index (κ3) is 4.85. The van der Waals surface area contributed by atoms with Gasteiger partial charge in [-0.25, -0.2) is 12.2 Å². The van der Waals surface area contributed by atoms with Crippen LogP contribution in [0, 0.1) is 6.08 Å². The van der Waals surface area contributed by atoms with Gasteiger partial charge >= 0.3 is 21.7 Å². The zero-order valence-corrected chi connectivity index (χ0v) is 20.7. The predicted octanol–water partition coefficient (Wildman–Crippen LogP) is 1.88. The van der Waals surface area contributed by atoms with Crippen LogP contribution in [0.2, 0.25) is 0 Å². The van der Waals surface area contributed by atoms with E-state index in [4.69, 9.17) is 0 Å². The van der Waals surface area contributed by atoms with Crippen molar-refractivity contribution in [1.82, 2.24) is 0 Å². The topological polar surface area (TPSA) is 0 Å².